The molecule has 11 aromatic rings. The van der Waals surface area contributed by atoms with E-state index in [2.05, 4.69) is 156 Å². The lowest BCUT2D eigenvalue weighted by molar-refractivity contribution is 0.671. The number of nitrogens with zero attached hydrogens (tertiary/aromatic N) is 5. The Hall–Kier alpha value is -7.70. The Labute approximate surface area is 328 Å². The van der Waals surface area contributed by atoms with Crippen molar-refractivity contribution in [2.75, 3.05) is 0 Å². The van der Waals surface area contributed by atoms with Crippen LogP contribution < -0.4 is 0 Å². The zero-order valence-electron chi connectivity index (χ0n) is 31.2. The van der Waals surface area contributed by atoms with Crippen molar-refractivity contribution in [3.63, 3.8) is 0 Å². The van der Waals surface area contributed by atoms with Crippen LogP contribution in [-0.2, 0) is 0 Å². The van der Waals surface area contributed by atoms with Crippen LogP contribution in [0.2, 0.25) is 0 Å². The Morgan fingerprint density at radius 2 is 1.25 bits per heavy atom. The number of fused-ring (bicyclic) bond motifs is 10. The number of furan rings is 1. The Balaban J connectivity index is 1.06. The van der Waals surface area contributed by atoms with Crippen LogP contribution in [0.1, 0.15) is 6.92 Å². The van der Waals surface area contributed by atoms with Crippen LogP contribution >= 0.6 is 0 Å². The smallest absolute Gasteiger partial charge is 0.160 e. The molecule has 0 aliphatic heterocycles. The molecule has 0 aliphatic rings. The average Bonchev–Trinajstić information content (AvgIpc) is 4.04. The number of aromatic nitrogens is 5. The standard InChI is InChI=1S/C51H35N5O/c1-33(17-15-18-34(2)55-43-27-12-9-23-37(43)39-31-32-40-38-24-11-14-30-46(38)57-51(40)50(39)55)54-44-28-13-10-25-41(44)47-42(26-16-29-45(47)54)49-48(35-19-5-3-6-20-35)52-53-56(49)36-21-7-4-8-22-36/h3-32H,2H2,1H3/b18-15-,33-17+. The molecule has 57 heavy (non-hydrogen) atoms. The van der Waals surface area contributed by atoms with E-state index in [1.807, 2.05) is 53.2 Å². The highest BCUT2D eigenvalue weighted by molar-refractivity contribution is 6.22. The van der Waals surface area contributed by atoms with Crippen molar-refractivity contribution in [2.24, 2.45) is 0 Å². The van der Waals surface area contributed by atoms with Crippen molar-refractivity contribution in [1.82, 2.24) is 24.1 Å². The van der Waals surface area contributed by atoms with Crippen LogP contribution in [0.15, 0.2) is 193 Å². The van der Waals surface area contributed by atoms with Gasteiger partial charge in [0.2, 0.25) is 0 Å². The highest BCUT2D eigenvalue weighted by Crippen LogP contribution is 2.43. The van der Waals surface area contributed by atoms with Gasteiger partial charge in [-0.05, 0) is 61.5 Å². The van der Waals surface area contributed by atoms with E-state index in [0.717, 1.165) is 105 Å². The van der Waals surface area contributed by atoms with E-state index in [-0.39, 0.29) is 0 Å². The molecule has 0 unspecified atom stereocenters. The maximum absolute atomic E-state index is 6.55. The maximum Gasteiger partial charge on any atom is 0.160 e. The van der Waals surface area contributed by atoms with E-state index >= 15 is 0 Å². The normalized spacial score (nSPS) is 12.4. The maximum atomic E-state index is 6.55. The molecule has 7 aromatic carbocycles. The Morgan fingerprint density at radius 3 is 2.05 bits per heavy atom. The minimum Gasteiger partial charge on any atom is -0.454 e. The lowest BCUT2D eigenvalue weighted by atomic mass is 9.99. The summed E-state index contributed by atoms with van der Waals surface area (Å²) in [5, 5.41) is 16.3. The van der Waals surface area contributed by atoms with Crippen LogP contribution in [0.5, 0.6) is 0 Å². The Bertz CT molecular complexity index is 3370. The summed E-state index contributed by atoms with van der Waals surface area (Å²) in [6, 6.07) is 56.8. The third-order valence-corrected chi connectivity index (χ3v) is 11.1. The fraction of sp³-hybridized carbons (Fsp3) is 0.0196. The molecule has 0 fully saturated rings. The third kappa shape index (κ3) is 5.04. The second-order valence-corrected chi connectivity index (χ2v) is 14.4. The lowest BCUT2D eigenvalue weighted by Gasteiger charge is -2.12. The van der Waals surface area contributed by atoms with E-state index in [1.165, 1.54) is 0 Å². The third-order valence-electron chi connectivity index (χ3n) is 11.1. The summed E-state index contributed by atoms with van der Waals surface area (Å²) in [5.41, 5.74) is 12.8. The molecule has 0 amide bonds. The molecule has 4 aromatic heterocycles. The fourth-order valence-corrected chi connectivity index (χ4v) is 8.64. The van der Waals surface area contributed by atoms with Gasteiger partial charge in [-0.15, -0.1) is 5.10 Å². The van der Waals surface area contributed by atoms with Gasteiger partial charge in [-0.3, -0.25) is 0 Å². The van der Waals surface area contributed by atoms with Crippen molar-refractivity contribution in [3.05, 3.63) is 189 Å². The molecule has 0 spiro atoms. The summed E-state index contributed by atoms with van der Waals surface area (Å²) in [5.74, 6) is 0. The molecule has 6 nitrogen and oxygen atoms in total. The zero-order chi connectivity index (χ0) is 38.0. The molecular formula is C51H35N5O. The molecule has 0 aliphatic carbocycles. The monoisotopic (exact) mass is 733 g/mol. The molecular weight excluding hydrogens is 699 g/mol. The van der Waals surface area contributed by atoms with Gasteiger partial charge in [0.15, 0.2) is 5.58 Å². The molecule has 0 N–H and O–H groups in total. The second-order valence-electron chi connectivity index (χ2n) is 14.4. The molecule has 6 heteroatoms. The van der Waals surface area contributed by atoms with Gasteiger partial charge in [-0.25, -0.2) is 4.68 Å². The van der Waals surface area contributed by atoms with Crippen LogP contribution in [0.25, 0.3) is 105 Å². The van der Waals surface area contributed by atoms with Gasteiger partial charge < -0.3 is 13.6 Å². The van der Waals surface area contributed by atoms with E-state index in [0.29, 0.717) is 0 Å². The number of hydrogen-bond acceptors (Lipinski definition) is 3. The molecule has 0 saturated heterocycles. The van der Waals surface area contributed by atoms with Gasteiger partial charge >= 0.3 is 0 Å². The largest absolute Gasteiger partial charge is 0.454 e. The zero-order valence-corrected chi connectivity index (χ0v) is 31.2. The quantitative estimate of drug-likeness (QED) is 0.153. The van der Waals surface area contributed by atoms with Gasteiger partial charge in [0.25, 0.3) is 0 Å². The van der Waals surface area contributed by atoms with Crippen molar-refractivity contribution in [3.8, 4) is 28.2 Å². The summed E-state index contributed by atoms with van der Waals surface area (Å²) in [6.07, 6.45) is 6.36. The van der Waals surface area contributed by atoms with Gasteiger partial charge in [-0.2, -0.15) is 0 Å². The van der Waals surface area contributed by atoms with E-state index in [9.17, 15) is 0 Å². The summed E-state index contributed by atoms with van der Waals surface area (Å²) in [4.78, 5) is 0. The first-order chi connectivity index (χ1) is 28.2. The van der Waals surface area contributed by atoms with Gasteiger partial charge in [0.1, 0.15) is 17.0 Å². The highest BCUT2D eigenvalue weighted by atomic mass is 16.3. The minimum absolute atomic E-state index is 0.836. The van der Waals surface area contributed by atoms with Crippen LogP contribution in [-0.4, -0.2) is 24.1 Å². The van der Waals surface area contributed by atoms with Gasteiger partial charge in [0, 0.05) is 54.8 Å². The Morgan fingerprint density at radius 1 is 0.596 bits per heavy atom. The average molecular weight is 734 g/mol. The first kappa shape index (κ1) is 32.7. The van der Waals surface area contributed by atoms with Gasteiger partial charge in [-0.1, -0.05) is 139 Å². The molecule has 0 bridgehead atoms. The highest BCUT2D eigenvalue weighted by Gasteiger charge is 2.23. The van der Waals surface area contributed by atoms with Crippen LogP contribution in [0, 0.1) is 0 Å². The number of rotatable bonds is 7. The van der Waals surface area contributed by atoms with Crippen molar-refractivity contribution < 1.29 is 4.42 Å². The van der Waals surface area contributed by atoms with Crippen molar-refractivity contribution in [1.29, 1.82) is 0 Å². The summed E-state index contributed by atoms with van der Waals surface area (Å²) < 4.78 is 13.1. The van der Waals surface area contributed by atoms with Crippen LogP contribution in [0.3, 0.4) is 0 Å². The molecule has 11 rings (SSSR count). The number of allylic oxidation sites excluding steroid dienone is 5. The number of benzene rings is 7. The fourth-order valence-electron chi connectivity index (χ4n) is 8.64. The first-order valence-corrected chi connectivity index (χ1v) is 19.1. The van der Waals surface area contributed by atoms with Crippen molar-refractivity contribution in [2.45, 2.75) is 6.92 Å². The molecule has 4 heterocycles. The minimum atomic E-state index is 0.836. The van der Waals surface area contributed by atoms with Crippen LogP contribution in [0.4, 0.5) is 0 Å². The molecule has 270 valence electrons. The summed E-state index contributed by atoms with van der Waals surface area (Å²) in [6.45, 7) is 6.77. The van der Waals surface area contributed by atoms with E-state index < -0.39 is 0 Å². The SMILES string of the molecule is C=C(/C=C\C=C(/C)n1c2ccccc2c2c(-c3c(-c4ccccc4)nnn3-c3ccccc3)cccc21)n1c2ccccc2c2ccc3c4ccccc4oc3c21. The molecule has 0 saturated carbocycles. The topological polar surface area (TPSA) is 53.7 Å². The Kier molecular flexibility index (Phi) is 7.44. The number of hydrogen-bond donors (Lipinski definition) is 0. The lowest BCUT2D eigenvalue weighted by Crippen LogP contribution is -2.00. The molecule has 0 radical (unpaired) electrons. The summed E-state index contributed by atoms with van der Waals surface area (Å²) in [7, 11) is 0. The second kappa shape index (κ2) is 13.0. The first-order valence-electron chi connectivity index (χ1n) is 19.1. The summed E-state index contributed by atoms with van der Waals surface area (Å²) >= 11 is 0. The van der Waals surface area contributed by atoms with E-state index in [4.69, 9.17) is 14.7 Å². The predicted molar refractivity (Wildman–Crippen MR) is 236 cm³/mol. The molecule has 0 atom stereocenters. The predicted octanol–water partition coefficient (Wildman–Crippen LogP) is 13.3. The number of para-hydroxylation sites is 4. The van der Waals surface area contributed by atoms with Crippen molar-refractivity contribution >= 4 is 76.9 Å². The van der Waals surface area contributed by atoms with E-state index in [1.54, 1.807) is 0 Å². The van der Waals surface area contributed by atoms with Gasteiger partial charge in [0.05, 0.1) is 27.8 Å².